The summed E-state index contributed by atoms with van der Waals surface area (Å²) in [6.07, 6.45) is -2.76. The minimum atomic E-state index is -4.70. The van der Waals surface area contributed by atoms with Crippen molar-refractivity contribution in [2.24, 2.45) is 0 Å². The molecule has 1 aliphatic heterocycles. The zero-order valence-electron chi connectivity index (χ0n) is 15.6. The third-order valence-electron chi connectivity index (χ3n) is 4.41. The number of aromatic nitrogens is 1. The first-order chi connectivity index (χ1) is 13.8. The van der Waals surface area contributed by atoms with Gasteiger partial charge in [-0.2, -0.15) is 0 Å². The number of nitrogens with zero attached hydrogens (tertiary/aromatic N) is 2. The maximum atomic E-state index is 12.3. The number of thioether (sulfide) groups is 1. The van der Waals surface area contributed by atoms with E-state index in [4.69, 9.17) is 9.15 Å². The Kier molecular flexibility index (Phi) is 5.08. The average molecular weight is 422 g/mol. The summed E-state index contributed by atoms with van der Waals surface area (Å²) in [5.41, 5.74) is 3.13. The van der Waals surface area contributed by atoms with Crippen LogP contribution in [-0.4, -0.2) is 23.4 Å². The molecule has 0 amide bonds. The normalized spacial score (nSPS) is 16.6. The van der Waals surface area contributed by atoms with Crippen molar-refractivity contribution in [3.8, 4) is 11.5 Å². The zero-order valence-corrected chi connectivity index (χ0v) is 16.4. The van der Waals surface area contributed by atoms with Crippen molar-refractivity contribution in [2.75, 3.05) is 7.11 Å². The highest BCUT2D eigenvalue weighted by molar-refractivity contribution is 8.02. The zero-order chi connectivity index (χ0) is 20.6. The lowest BCUT2D eigenvalue weighted by Crippen LogP contribution is -2.19. The maximum absolute atomic E-state index is 12.3. The molecule has 1 aromatic heterocycles. The molecule has 29 heavy (non-hydrogen) atoms. The molecule has 1 unspecified atom stereocenters. The van der Waals surface area contributed by atoms with Gasteiger partial charge in [-0.1, -0.05) is 12.1 Å². The number of fused-ring (bicyclic) bond motifs is 1. The van der Waals surface area contributed by atoms with Crippen LogP contribution in [0, 0.1) is 6.92 Å². The van der Waals surface area contributed by atoms with E-state index in [2.05, 4.69) is 14.6 Å². The Bertz CT molecular complexity index is 1050. The summed E-state index contributed by atoms with van der Waals surface area (Å²) in [5.74, 6) is 1.01. The van der Waals surface area contributed by atoms with Gasteiger partial charge in [-0.15, -0.1) is 24.9 Å². The summed E-state index contributed by atoms with van der Waals surface area (Å²) < 4.78 is 52.3. The van der Waals surface area contributed by atoms with Crippen LogP contribution in [0.4, 0.5) is 13.2 Å². The number of aryl methyl sites for hydroxylation is 1. The molecule has 2 heterocycles. The Morgan fingerprint density at radius 1 is 1.17 bits per heavy atom. The molecule has 0 saturated heterocycles. The van der Waals surface area contributed by atoms with E-state index in [-0.39, 0.29) is 11.1 Å². The quantitative estimate of drug-likeness (QED) is 0.521. The summed E-state index contributed by atoms with van der Waals surface area (Å²) in [7, 11) is 1.60. The molecular weight excluding hydrogens is 405 g/mol. The fourth-order valence-electron chi connectivity index (χ4n) is 3.24. The molecule has 0 saturated carbocycles. The van der Waals surface area contributed by atoms with Gasteiger partial charge in [-0.3, -0.25) is 0 Å². The molecule has 0 spiro atoms. The van der Waals surface area contributed by atoms with Gasteiger partial charge in [0.15, 0.2) is 11.5 Å². The SMILES string of the molecule is COc1ccc2nc(C)oc2c1C1SC=CN1Cc1ccc(OC(F)(F)F)cc1. The van der Waals surface area contributed by atoms with Gasteiger partial charge in [0.1, 0.15) is 22.4 Å². The van der Waals surface area contributed by atoms with Crippen molar-refractivity contribution in [3.05, 3.63) is 65.0 Å². The summed E-state index contributed by atoms with van der Waals surface area (Å²) in [6.45, 7) is 2.28. The number of alkyl halides is 3. The maximum Gasteiger partial charge on any atom is 0.573 e. The minimum Gasteiger partial charge on any atom is -0.496 e. The highest BCUT2D eigenvalue weighted by Crippen LogP contribution is 2.46. The smallest absolute Gasteiger partial charge is 0.496 e. The van der Waals surface area contributed by atoms with Crippen LogP contribution in [-0.2, 0) is 6.54 Å². The van der Waals surface area contributed by atoms with Crippen molar-refractivity contribution in [3.63, 3.8) is 0 Å². The van der Waals surface area contributed by atoms with Gasteiger partial charge in [-0.05, 0) is 35.2 Å². The number of hydrogen-bond acceptors (Lipinski definition) is 6. The lowest BCUT2D eigenvalue weighted by atomic mass is 10.1. The summed E-state index contributed by atoms with van der Waals surface area (Å²) >= 11 is 1.59. The van der Waals surface area contributed by atoms with E-state index in [1.807, 2.05) is 23.7 Å². The summed E-state index contributed by atoms with van der Waals surface area (Å²) in [5, 5.41) is 1.85. The van der Waals surface area contributed by atoms with Gasteiger partial charge >= 0.3 is 6.36 Å². The Labute approximate surface area is 169 Å². The second-order valence-electron chi connectivity index (χ2n) is 6.40. The monoisotopic (exact) mass is 422 g/mol. The molecule has 9 heteroatoms. The van der Waals surface area contributed by atoms with Gasteiger partial charge in [0.05, 0.1) is 12.7 Å². The van der Waals surface area contributed by atoms with Crippen molar-refractivity contribution in [1.29, 1.82) is 0 Å². The molecule has 0 radical (unpaired) electrons. The van der Waals surface area contributed by atoms with Crippen molar-refractivity contribution in [1.82, 2.24) is 9.88 Å². The van der Waals surface area contributed by atoms with Crippen molar-refractivity contribution < 1.29 is 27.1 Å². The first-order valence-electron chi connectivity index (χ1n) is 8.70. The lowest BCUT2D eigenvalue weighted by molar-refractivity contribution is -0.274. The highest BCUT2D eigenvalue weighted by atomic mass is 32.2. The van der Waals surface area contributed by atoms with Crippen LogP contribution in [0.25, 0.3) is 11.1 Å². The van der Waals surface area contributed by atoms with Gasteiger partial charge in [0.2, 0.25) is 0 Å². The standard InChI is InChI=1S/C20H17F3N2O3S/c1-12-24-15-7-8-16(26-2)17(18(15)27-12)19-25(9-10-29-19)11-13-3-5-14(6-4-13)28-20(21,22)23/h3-10,19H,11H2,1-2H3. The van der Waals surface area contributed by atoms with Crippen molar-refractivity contribution in [2.45, 2.75) is 25.2 Å². The third-order valence-corrected chi connectivity index (χ3v) is 5.46. The topological polar surface area (TPSA) is 47.7 Å². The number of oxazole rings is 1. The summed E-state index contributed by atoms with van der Waals surface area (Å²) in [6, 6.07) is 9.57. The Morgan fingerprint density at radius 3 is 2.62 bits per heavy atom. The van der Waals surface area contributed by atoms with E-state index in [0.29, 0.717) is 23.8 Å². The van der Waals surface area contributed by atoms with Crippen molar-refractivity contribution >= 4 is 22.9 Å². The molecule has 1 aliphatic rings. The molecular formula is C20H17F3N2O3S. The highest BCUT2D eigenvalue weighted by Gasteiger charge is 2.31. The summed E-state index contributed by atoms with van der Waals surface area (Å²) in [4.78, 5) is 6.46. The van der Waals surface area contributed by atoms with Crippen LogP contribution in [0.15, 0.2) is 52.4 Å². The molecule has 3 aromatic rings. The first-order valence-corrected chi connectivity index (χ1v) is 9.65. The molecule has 0 fully saturated rings. The van der Waals surface area contributed by atoms with Gasteiger partial charge in [0, 0.05) is 19.7 Å². The number of ether oxygens (including phenoxy) is 2. The molecule has 152 valence electrons. The molecule has 0 aliphatic carbocycles. The van der Waals surface area contributed by atoms with E-state index >= 15 is 0 Å². The van der Waals surface area contributed by atoms with Crippen LogP contribution in [0.3, 0.4) is 0 Å². The lowest BCUT2D eigenvalue weighted by Gasteiger charge is -2.26. The van der Waals surface area contributed by atoms with Crippen LogP contribution in [0.2, 0.25) is 0 Å². The van der Waals surface area contributed by atoms with Gasteiger partial charge in [-0.25, -0.2) is 4.98 Å². The first kappa shape index (κ1) is 19.5. The van der Waals surface area contributed by atoms with E-state index in [9.17, 15) is 13.2 Å². The van der Waals surface area contributed by atoms with Crippen LogP contribution < -0.4 is 9.47 Å². The third kappa shape index (κ3) is 4.14. The average Bonchev–Trinajstić information content (AvgIpc) is 3.26. The fraction of sp³-hybridized carbons (Fsp3) is 0.250. The molecule has 1 atom stereocenters. The molecule has 4 rings (SSSR count). The van der Waals surface area contributed by atoms with E-state index < -0.39 is 6.36 Å². The Balaban J connectivity index is 1.60. The largest absolute Gasteiger partial charge is 0.573 e. The molecule has 2 aromatic carbocycles. The number of hydrogen-bond donors (Lipinski definition) is 0. The van der Waals surface area contributed by atoms with Gasteiger partial charge < -0.3 is 18.8 Å². The number of rotatable bonds is 5. The Hall–Kier alpha value is -2.81. The second kappa shape index (κ2) is 7.55. The van der Waals surface area contributed by atoms with E-state index in [1.165, 1.54) is 12.1 Å². The number of methoxy groups -OCH3 is 1. The van der Waals surface area contributed by atoms with Gasteiger partial charge in [0.25, 0.3) is 0 Å². The molecule has 0 N–H and O–H groups in total. The van der Waals surface area contributed by atoms with E-state index in [1.54, 1.807) is 37.9 Å². The second-order valence-corrected chi connectivity index (χ2v) is 7.39. The fourth-order valence-corrected chi connectivity index (χ4v) is 4.27. The molecule has 5 nitrogen and oxygen atoms in total. The predicted octanol–water partition coefficient (Wildman–Crippen LogP) is 5.76. The van der Waals surface area contributed by atoms with Crippen LogP contribution in [0.1, 0.15) is 22.4 Å². The van der Waals surface area contributed by atoms with Crippen LogP contribution >= 0.6 is 11.8 Å². The van der Waals surface area contributed by atoms with Crippen LogP contribution in [0.5, 0.6) is 11.5 Å². The number of halogens is 3. The minimum absolute atomic E-state index is 0.118. The predicted molar refractivity (Wildman–Crippen MR) is 103 cm³/mol. The van der Waals surface area contributed by atoms with E-state index in [0.717, 1.165) is 16.6 Å². The molecule has 0 bridgehead atoms. The Morgan fingerprint density at radius 2 is 1.93 bits per heavy atom. The number of benzene rings is 2.